The van der Waals surface area contributed by atoms with Gasteiger partial charge in [-0.1, -0.05) is 24.6 Å². The quantitative estimate of drug-likeness (QED) is 0.633. The lowest BCUT2D eigenvalue weighted by Gasteiger charge is -2.00. The van der Waals surface area contributed by atoms with Crippen LogP contribution >= 0.6 is 11.3 Å². The number of nitrogens with zero attached hydrogens (tertiary/aromatic N) is 1. The third-order valence-corrected chi connectivity index (χ3v) is 5.21. The normalized spacial score (nSPS) is 14.9. The molecule has 4 rings (SSSR count). The molecule has 1 aliphatic rings. The third-order valence-electron chi connectivity index (χ3n) is 4.02. The number of hydrogen-bond donors (Lipinski definition) is 0. The summed E-state index contributed by atoms with van der Waals surface area (Å²) in [6.45, 7) is 0. The van der Waals surface area contributed by atoms with Gasteiger partial charge in [0, 0.05) is 10.4 Å². The van der Waals surface area contributed by atoms with Gasteiger partial charge in [0.05, 0.1) is 0 Å². The summed E-state index contributed by atoms with van der Waals surface area (Å²) in [6, 6.07) is 9.61. The van der Waals surface area contributed by atoms with E-state index in [4.69, 9.17) is 4.42 Å². The van der Waals surface area contributed by atoms with E-state index in [1.165, 1.54) is 23.3 Å². The first-order valence-corrected chi connectivity index (χ1v) is 8.15. The molecule has 106 valence electrons. The average molecular weight is 297 g/mol. The second kappa shape index (κ2) is 5.11. The van der Waals surface area contributed by atoms with Crippen LogP contribution in [0.2, 0.25) is 0 Å². The summed E-state index contributed by atoms with van der Waals surface area (Å²) in [6.07, 6.45) is 5.64. The Hall–Kier alpha value is -1.94. The summed E-state index contributed by atoms with van der Waals surface area (Å²) in [5.74, 6) is 0.421. The SMILES string of the molecule is O=c1oc(-c2ccccc2)nc2sc3c(c12)CCCCC3. The molecule has 0 amide bonds. The van der Waals surface area contributed by atoms with Crippen molar-refractivity contribution >= 4 is 21.6 Å². The Morgan fingerprint density at radius 1 is 1.05 bits per heavy atom. The monoisotopic (exact) mass is 297 g/mol. The fourth-order valence-corrected chi connectivity index (χ4v) is 4.22. The number of thiophene rings is 1. The zero-order chi connectivity index (χ0) is 14.2. The second-order valence-corrected chi connectivity index (χ2v) is 6.50. The molecule has 1 aromatic carbocycles. The van der Waals surface area contributed by atoms with Crippen LogP contribution in [0.1, 0.15) is 29.7 Å². The van der Waals surface area contributed by atoms with Gasteiger partial charge in [-0.15, -0.1) is 11.3 Å². The molecule has 0 fully saturated rings. The standard InChI is InChI=1S/C17H15NO2S/c19-17-14-12-9-5-2-6-10-13(12)21-16(14)18-15(20-17)11-7-3-1-4-8-11/h1,3-4,7-8H,2,5-6,9-10H2. The van der Waals surface area contributed by atoms with E-state index in [1.807, 2.05) is 30.3 Å². The molecule has 3 nitrogen and oxygen atoms in total. The lowest BCUT2D eigenvalue weighted by atomic mass is 10.1. The highest BCUT2D eigenvalue weighted by Gasteiger charge is 2.20. The van der Waals surface area contributed by atoms with Gasteiger partial charge in [0.2, 0.25) is 5.89 Å². The Morgan fingerprint density at radius 3 is 2.71 bits per heavy atom. The van der Waals surface area contributed by atoms with E-state index in [0.29, 0.717) is 5.89 Å². The van der Waals surface area contributed by atoms with Crippen molar-refractivity contribution in [3.05, 3.63) is 51.2 Å². The molecule has 4 heteroatoms. The van der Waals surface area contributed by atoms with Gasteiger partial charge in [0.25, 0.3) is 0 Å². The summed E-state index contributed by atoms with van der Waals surface area (Å²) in [5, 5.41) is 0.719. The number of fused-ring (bicyclic) bond motifs is 3. The molecule has 0 unspecified atom stereocenters. The summed E-state index contributed by atoms with van der Waals surface area (Å²) in [4.78, 5) is 19.2. The predicted octanol–water partition coefficient (Wildman–Crippen LogP) is 4.19. The third kappa shape index (κ3) is 2.20. The summed E-state index contributed by atoms with van der Waals surface area (Å²) in [5.41, 5.74) is 1.80. The maximum absolute atomic E-state index is 12.4. The first-order valence-electron chi connectivity index (χ1n) is 7.34. The van der Waals surface area contributed by atoms with Gasteiger partial charge in [-0.2, -0.15) is 0 Å². The van der Waals surface area contributed by atoms with Gasteiger partial charge in [0.15, 0.2) is 0 Å². The number of aromatic nitrogens is 1. The van der Waals surface area contributed by atoms with Crippen LogP contribution in [-0.2, 0) is 12.8 Å². The van der Waals surface area contributed by atoms with Crippen LogP contribution in [-0.4, -0.2) is 4.98 Å². The number of aryl methyl sites for hydroxylation is 2. The highest BCUT2D eigenvalue weighted by Crippen LogP contribution is 2.34. The number of hydrogen-bond acceptors (Lipinski definition) is 4. The first kappa shape index (κ1) is 12.8. The van der Waals surface area contributed by atoms with Crippen molar-refractivity contribution in [2.75, 3.05) is 0 Å². The van der Waals surface area contributed by atoms with Crippen LogP contribution in [0.3, 0.4) is 0 Å². The second-order valence-electron chi connectivity index (χ2n) is 5.42. The smallest absolute Gasteiger partial charge is 0.348 e. The topological polar surface area (TPSA) is 43.1 Å². The summed E-state index contributed by atoms with van der Waals surface area (Å²) < 4.78 is 5.48. The Morgan fingerprint density at radius 2 is 1.86 bits per heavy atom. The first-order chi connectivity index (χ1) is 10.3. The molecular weight excluding hydrogens is 282 g/mol. The largest absolute Gasteiger partial charge is 0.403 e. The van der Waals surface area contributed by atoms with Crippen LogP contribution in [0.5, 0.6) is 0 Å². The molecule has 3 aromatic rings. The van der Waals surface area contributed by atoms with E-state index in [-0.39, 0.29) is 5.63 Å². The predicted molar refractivity (Wildman–Crippen MR) is 84.9 cm³/mol. The molecule has 0 bridgehead atoms. The Bertz CT molecular complexity index is 848. The lowest BCUT2D eigenvalue weighted by molar-refractivity contribution is 0.518. The van der Waals surface area contributed by atoms with Crippen LogP contribution in [0.25, 0.3) is 21.7 Å². The maximum Gasteiger partial charge on any atom is 0.348 e. The van der Waals surface area contributed by atoms with Crippen molar-refractivity contribution in [1.29, 1.82) is 0 Å². The average Bonchev–Trinajstić information content (AvgIpc) is 2.71. The highest BCUT2D eigenvalue weighted by atomic mass is 32.1. The molecule has 21 heavy (non-hydrogen) atoms. The molecule has 0 aliphatic heterocycles. The van der Waals surface area contributed by atoms with Crippen molar-refractivity contribution < 1.29 is 4.42 Å². The molecule has 0 saturated carbocycles. The van der Waals surface area contributed by atoms with Crippen LogP contribution < -0.4 is 5.63 Å². The van der Waals surface area contributed by atoms with Gasteiger partial charge in [-0.3, -0.25) is 0 Å². The van der Waals surface area contributed by atoms with Crippen molar-refractivity contribution in [2.45, 2.75) is 32.1 Å². The lowest BCUT2D eigenvalue weighted by Crippen LogP contribution is -2.03. The van der Waals surface area contributed by atoms with Gasteiger partial charge in [-0.25, -0.2) is 9.78 Å². The van der Waals surface area contributed by atoms with Gasteiger partial charge < -0.3 is 4.42 Å². The fraction of sp³-hybridized carbons (Fsp3) is 0.294. The van der Waals surface area contributed by atoms with E-state index in [2.05, 4.69) is 4.98 Å². The van der Waals surface area contributed by atoms with Crippen molar-refractivity contribution in [1.82, 2.24) is 4.98 Å². The summed E-state index contributed by atoms with van der Waals surface area (Å²) in [7, 11) is 0. The number of rotatable bonds is 1. The molecule has 0 saturated heterocycles. The molecule has 1 aliphatic carbocycles. The number of benzene rings is 1. The zero-order valence-electron chi connectivity index (χ0n) is 11.6. The molecular formula is C17H15NO2S. The molecule has 0 atom stereocenters. The van der Waals surface area contributed by atoms with E-state index in [0.717, 1.165) is 35.0 Å². The Kier molecular flexibility index (Phi) is 3.11. The van der Waals surface area contributed by atoms with Crippen molar-refractivity contribution in [3.63, 3.8) is 0 Å². The minimum Gasteiger partial charge on any atom is -0.403 e. The molecule has 0 spiro atoms. The van der Waals surface area contributed by atoms with Crippen LogP contribution in [0.15, 0.2) is 39.5 Å². The molecule has 2 aromatic heterocycles. The van der Waals surface area contributed by atoms with Gasteiger partial charge in [0.1, 0.15) is 10.2 Å². The van der Waals surface area contributed by atoms with E-state index < -0.39 is 0 Å². The Balaban J connectivity index is 1.94. The molecule has 2 heterocycles. The van der Waals surface area contributed by atoms with Crippen LogP contribution in [0, 0.1) is 0 Å². The fourth-order valence-electron chi connectivity index (χ4n) is 2.98. The van der Waals surface area contributed by atoms with Crippen LogP contribution in [0.4, 0.5) is 0 Å². The molecule has 0 radical (unpaired) electrons. The van der Waals surface area contributed by atoms with E-state index in [1.54, 1.807) is 11.3 Å². The highest BCUT2D eigenvalue weighted by molar-refractivity contribution is 7.18. The van der Waals surface area contributed by atoms with Gasteiger partial charge in [-0.05, 0) is 43.4 Å². The summed E-state index contributed by atoms with van der Waals surface area (Å²) >= 11 is 1.66. The minimum absolute atomic E-state index is 0.238. The van der Waals surface area contributed by atoms with Crippen molar-refractivity contribution in [3.8, 4) is 11.5 Å². The zero-order valence-corrected chi connectivity index (χ0v) is 12.4. The van der Waals surface area contributed by atoms with Crippen molar-refractivity contribution in [2.24, 2.45) is 0 Å². The van der Waals surface area contributed by atoms with Gasteiger partial charge >= 0.3 is 5.63 Å². The molecule has 0 N–H and O–H groups in total. The Labute approximate surface area is 126 Å². The maximum atomic E-state index is 12.4. The van der Waals surface area contributed by atoms with E-state index in [9.17, 15) is 4.79 Å². The minimum atomic E-state index is -0.238. The van der Waals surface area contributed by atoms with E-state index >= 15 is 0 Å².